The van der Waals surface area contributed by atoms with Crippen molar-refractivity contribution in [3.05, 3.63) is 24.3 Å². The summed E-state index contributed by atoms with van der Waals surface area (Å²) in [5.74, 6) is 0.921. The molecule has 0 aliphatic carbocycles. The molecule has 50 valence electrons. The zero-order chi connectivity index (χ0) is 6.81. The Morgan fingerprint density at radius 1 is 1.50 bits per heavy atom. The maximum absolute atomic E-state index is 4.11. The predicted octanol–water partition coefficient (Wildman–Crippen LogP) is 0.770. The molecular formula is C7H7N3. The van der Waals surface area contributed by atoms with Crippen LogP contribution < -0.4 is 0 Å². The molecule has 0 saturated carbocycles. The number of rotatable bonds is 0. The van der Waals surface area contributed by atoms with Crippen molar-refractivity contribution in [2.24, 2.45) is 9.98 Å². The Balaban J connectivity index is 2.36. The third-order valence-electron chi connectivity index (χ3n) is 1.42. The Bertz CT molecular complexity index is 248. The maximum Gasteiger partial charge on any atom is 0.151 e. The lowest BCUT2D eigenvalue weighted by molar-refractivity contribution is 0.554. The molecule has 0 aromatic heterocycles. The van der Waals surface area contributed by atoms with E-state index >= 15 is 0 Å². The van der Waals surface area contributed by atoms with Crippen LogP contribution in [0.1, 0.15) is 0 Å². The van der Waals surface area contributed by atoms with Gasteiger partial charge in [0.05, 0.1) is 12.7 Å². The maximum atomic E-state index is 4.11. The first-order valence-corrected chi connectivity index (χ1v) is 3.16. The third-order valence-corrected chi connectivity index (χ3v) is 1.42. The Hall–Kier alpha value is -1.38. The fourth-order valence-corrected chi connectivity index (χ4v) is 0.936. The van der Waals surface area contributed by atoms with Crippen LogP contribution in [0.4, 0.5) is 0 Å². The molecule has 2 heterocycles. The minimum absolute atomic E-state index is 0.867. The molecule has 0 aromatic carbocycles. The van der Waals surface area contributed by atoms with E-state index in [0.717, 1.165) is 12.4 Å². The summed E-state index contributed by atoms with van der Waals surface area (Å²) in [6.07, 6.45) is 9.24. The van der Waals surface area contributed by atoms with E-state index in [4.69, 9.17) is 0 Å². The summed E-state index contributed by atoms with van der Waals surface area (Å²) < 4.78 is 0. The van der Waals surface area contributed by atoms with E-state index < -0.39 is 0 Å². The van der Waals surface area contributed by atoms with Crippen LogP contribution in [0.15, 0.2) is 34.3 Å². The number of fused-ring (bicyclic) bond motifs is 1. The molecule has 0 radical (unpaired) electrons. The molecule has 10 heavy (non-hydrogen) atoms. The SMILES string of the molecule is C1=CN2CC=NC2=CN=C1. The Morgan fingerprint density at radius 3 is 3.50 bits per heavy atom. The van der Waals surface area contributed by atoms with E-state index in [1.165, 1.54) is 0 Å². The summed E-state index contributed by atoms with van der Waals surface area (Å²) in [6, 6.07) is 0. The molecule has 2 aliphatic rings. The van der Waals surface area contributed by atoms with Gasteiger partial charge in [-0.25, -0.2) is 4.99 Å². The largest absolute Gasteiger partial charge is 0.326 e. The third kappa shape index (κ3) is 0.757. The minimum atomic E-state index is 0.867. The van der Waals surface area contributed by atoms with Gasteiger partial charge in [0.2, 0.25) is 0 Å². The highest BCUT2D eigenvalue weighted by Crippen LogP contribution is 2.12. The first-order chi connectivity index (χ1) is 4.97. The molecule has 0 bridgehead atoms. The van der Waals surface area contributed by atoms with Gasteiger partial charge in [0.25, 0.3) is 0 Å². The monoisotopic (exact) mass is 133 g/mol. The van der Waals surface area contributed by atoms with Gasteiger partial charge in [-0.3, -0.25) is 4.99 Å². The molecule has 0 spiro atoms. The standard InChI is InChI=1S/C7H7N3/c1-2-8-6-7-9-3-5-10(7)4-1/h1-4,6H,5H2. The van der Waals surface area contributed by atoms with E-state index in [1.807, 2.05) is 23.4 Å². The first kappa shape index (κ1) is 5.41. The van der Waals surface area contributed by atoms with E-state index in [2.05, 4.69) is 9.98 Å². The van der Waals surface area contributed by atoms with Crippen molar-refractivity contribution in [2.45, 2.75) is 0 Å². The van der Waals surface area contributed by atoms with Crippen LogP contribution in [0.3, 0.4) is 0 Å². The lowest BCUT2D eigenvalue weighted by atomic mass is 10.6. The zero-order valence-electron chi connectivity index (χ0n) is 5.44. The van der Waals surface area contributed by atoms with Crippen LogP contribution in [0.2, 0.25) is 0 Å². The van der Waals surface area contributed by atoms with Crippen LogP contribution >= 0.6 is 0 Å². The molecular weight excluding hydrogens is 126 g/mol. The summed E-state index contributed by atoms with van der Waals surface area (Å²) in [7, 11) is 0. The van der Waals surface area contributed by atoms with Gasteiger partial charge in [-0.1, -0.05) is 0 Å². The highest BCUT2D eigenvalue weighted by Gasteiger charge is 2.09. The van der Waals surface area contributed by atoms with E-state index in [-0.39, 0.29) is 0 Å². The zero-order valence-corrected chi connectivity index (χ0v) is 5.44. The second kappa shape index (κ2) is 2.10. The smallest absolute Gasteiger partial charge is 0.151 e. The van der Waals surface area contributed by atoms with Crippen molar-refractivity contribution in [3.8, 4) is 0 Å². The van der Waals surface area contributed by atoms with Gasteiger partial charge in [-0.05, 0) is 6.08 Å². The molecule has 0 atom stereocenters. The summed E-state index contributed by atoms with van der Waals surface area (Å²) >= 11 is 0. The van der Waals surface area contributed by atoms with Gasteiger partial charge in [0.1, 0.15) is 0 Å². The molecule has 2 rings (SSSR count). The number of allylic oxidation sites excluding steroid dienone is 1. The summed E-state index contributed by atoms with van der Waals surface area (Å²) in [4.78, 5) is 10.1. The molecule has 0 aromatic rings. The topological polar surface area (TPSA) is 28.0 Å². The number of hydrogen-bond acceptors (Lipinski definition) is 3. The van der Waals surface area contributed by atoms with Gasteiger partial charge in [-0.2, -0.15) is 0 Å². The lowest BCUT2D eigenvalue weighted by Crippen LogP contribution is -2.10. The Morgan fingerprint density at radius 2 is 2.50 bits per heavy atom. The number of nitrogens with zero attached hydrogens (tertiary/aromatic N) is 3. The molecule has 0 saturated heterocycles. The molecule has 0 N–H and O–H groups in total. The summed E-state index contributed by atoms with van der Waals surface area (Å²) in [5.41, 5.74) is 0. The lowest BCUT2D eigenvalue weighted by Gasteiger charge is -2.09. The van der Waals surface area contributed by atoms with Crippen molar-refractivity contribution in [3.63, 3.8) is 0 Å². The van der Waals surface area contributed by atoms with E-state index in [1.54, 1.807) is 12.4 Å². The van der Waals surface area contributed by atoms with Crippen LogP contribution in [0.25, 0.3) is 0 Å². The molecule has 0 unspecified atom stereocenters. The Kier molecular flexibility index (Phi) is 1.13. The van der Waals surface area contributed by atoms with Crippen LogP contribution in [-0.2, 0) is 0 Å². The summed E-state index contributed by atoms with van der Waals surface area (Å²) in [6.45, 7) is 0.867. The van der Waals surface area contributed by atoms with Gasteiger partial charge in [-0.15, -0.1) is 0 Å². The van der Waals surface area contributed by atoms with Gasteiger partial charge in [0, 0.05) is 18.6 Å². The van der Waals surface area contributed by atoms with Crippen molar-refractivity contribution in [1.29, 1.82) is 0 Å². The molecule has 0 amide bonds. The highest BCUT2D eigenvalue weighted by atomic mass is 15.2. The molecule has 3 heteroatoms. The van der Waals surface area contributed by atoms with E-state index in [0.29, 0.717) is 0 Å². The second-order valence-corrected chi connectivity index (χ2v) is 2.09. The van der Waals surface area contributed by atoms with Crippen molar-refractivity contribution in [1.82, 2.24) is 4.90 Å². The van der Waals surface area contributed by atoms with Crippen molar-refractivity contribution in [2.75, 3.05) is 6.54 Å². The average Bonchev–Trinajstić information content (AvgIpc) is 2.28. The van der Waals surface area contributed by atoms with Gasteiger partial charge < -0.3 is 4.90 Å². The normalized spacial score (nSPS) is 20.8. The van der Waals surface area contributed by atoms with E-state index in [9.17, 15) is 0 Å². The molecule has 0 fully saturated rings. The fourth-order valence-electron chi connectivity index (χ4n) is 0.936. The predicted molar refractivity (Wildman–Crippen MR) is 40.9 cm³/mol. The molecule has 3 nitrogen and oxygen atoms in total. The number of hydrogen-bond donors (Lipinski definition) is 0. The fraction of sp³-hybridized carbons (Fsp3) is 0.143. The highest BCUT2D eigenvalue weighted by molar-refractivity contribution is 5.73. The van der Waals surface area contributed by atoms with Gasteiger partial charge >= 0.3 is 0 Å². The minimum Gasteiger partial charge on any atom is -0.326 e. The quantitative estimate of drug-likeness (QED) is 0.479. The van der Waals surface area contributed by atoms with Crippen molar-refractivity contribution >= 4 is 12.4 Å². The molecule has 2 aliphatic heterocycles. The first-order valence-electron chi connectivity index (χ1n) is 3.16. The van der Waals surface area contributed by atoms with Crippen molar-refractivity contribution < 1.29 is 0 Å². The summed E-state index contributed by atoms with van der Waals surface area (Å²) in [5, 5.41) is 0. The second-order valence-electron chi connectivity index (χ2n) is 2.09. The van der Waals surface area contributed by atoms with Gasteiger partial charge in [0.15, 0.2) is 5.82 Å². The average molecular weight is 133 g/mol. The van der Waals surface area contributed by atoms with Crippen LogP contribution in [0.5, 0.6) is 0 Å². The van der Waals surface area contributed by atoms with Crippen LogP contribution in [0, 0.1) is 0 Å². The van der Waals surface area contributed by atoms with Crippen LogP contribution in [-0.4, -0.2) is 23.9 Å². The number of aliphatic imine (C=N–C) groups is 2. The Labute approximate surface area is 59.1 Å².